The van der Waals surface area contributed by atoms with Gasteiger partial charge in [-0.2, -0.15) is 0 Å². The fourth-order valence-corrected chi connectivity index (χ4v) is 9.44. The molecule has 2 nitrogen and oxygen atoms in total. The van der Waals surface area contributed by atoms with Crippen molar-refractivity contribution in [2.75, 3.05) is 5.73 Å². The SMILES string of the molecule is Cc1c(O[Si](C(C)C)(C(C)C)C(C)C)cc2c(c1N)CC2. The van der Waals surface area contributed by atoms with E-state index in [0.717, 1.165) is 29.8 Å². The third-order valence-corrected chi connectivity index (χ3v) is 11.4. The number of benzene rings is 1. The molecule has 0 saturated carbocycles. The molecule has 0 spiro atoms. The summed E-state index contributed by atoms with van der Waals surface area (Å²) >= 11 is 0. The van der Waals surface area contributed by atoms with E-state index in [9.17, 15) is 0 Å². The van der Waals surface area contributed by atoms with Crippen LogP contribution in [0.5, 0.6) is 5.75 Å². The first-order chi connectivity index (χ1) is 9.71. The topological polar surface area (TPSA) is 35.2 Å². The summed E-state index contributed by atoms with van der Waals surface area (Å²) in [5.74, 6) is 1.05. The molecule has 0 amide bonds. The molecule has 21 heavy (non-hydrogen) atoms. The van der Waals surface area contributed by atoms with Crippen molar-refractivity contribution in [1.29, 1.82) is 0 Å². The number of hydrogen-bond donors (Lipinski definition) is 1. The number of anilines is 1. The molecule has 0 atom stereocenters. The third kappa shape index (κ3) is 2.50. The van der Waals surface area contributed by atoms with Gasteiger partial charge >= 0.3 is 0 Å². The second-order valence-electron chi connectivity index (χ2n) is 7.47. The second kappa shape index (κ2) is 5.67. The van der Waals surface area contributed by atoms with Crippen molar-refractivity contribution in [3.05, 3.63) is 22.8 Å². The Labute approximate surface area is 131 Å². The van der Waals surface area contributed by atoms with E-state index < -0.39 is 8.32 Å². The minimum atomic E-state index is -1.89. The van der Waals surface area contributed by atoms with E-state index in [2.05, 4.69) is 54.5 Å². The molecular formula is C18H31NOSi. The first kappa shape index (κ1) is 16.4. The lowest BCUT2D eigenvalue weighted by Gasteiger charge is -2.43. The lowest BCUT2D eigenvalue weighted by Crippen LogP contribution is -2.50. The molecule has 0 radical (unpaired) electrons. The Hall–Kier alpha value is -0.963. The zero-order valence-electron chi connectivity index (χ0n) is 14.7. The zero-order valence-corrected chi connectivity index (χ0v) is 15.7. The zero-order chi connectivity index (χ0) is 15.9. The molecule has 1 aliphatic carbocycles. The van der Waals surface area contributed by atoms with Crippen LogP contribution in [0.2, 0.25) is 16.6 Å². The van der Waals surface area contributed by atoms with Crippen LogP contribution in [0.1, 0.15) is 58.2 Å². The normalized spacial score (nSPS) is 14.6. The molecule has 1 aromatic carbocycles. The van der Waals surface area contributed by atoms with Crippen LogP contribution in [0, 0.1) is 6.92 Å². The van der Waals surface area contributed by atoms with Gasteiger partial charge in [-0.3, -0.25) is 0 Å². The molecule has 0 aromatic heterocycles. The van der Waals surface area contributed by atoms with E-state index >= 15 is 0 Å². The van der Waals surface area contributed by atoms with Gasteiger partial charge in [-0.1, -0.05) is 41.5 Å². The minimum absolute atomic E-state index is 0.587. The van der Waals surface area contributed by atoms with Gasteiger partial charge in [0.2, 0.25) is 0 Å². The fourth-order valence-electron chi connectivity index (χ4n) is 4.14. The quantitative estimate of drug-likeness (QED) is 0.597. The molecule has 0 heterocycles. The summed E-state index contributed by atoms with van der Waals surface area (Å²) < 4.78 is 6.83. The molecule has 2 rings (SSSR count). The maximum Gasteiger partial charge on any atom is 0.258 e. The lowest BCUT2D eigenvalue weighted by atomic mass is 9.85. The molecule has 0 unspecified atom stereocenters. The van der Waals surface area contributed by atoms with Gasteiger partial charge in [-0.05, 0) is 53.6 Å². The van der Waals surface area contributed by atoms with Crippen molar-refractivity contribution in [2.24, 2.45) is 0 Å². The molecule has 0 bridgehead atoms. The van der Waals surface area contributed by atoms with Crippen LogP contribution in [-0.2, 0) is 12.8 Å². The first-order valence-electron chi connectivity index (χ1n) is 8.31. The standard InChI is InChI=1S/C18H31NOSi/c1-11(2)21(12(3)4,13(5)6)20-17-10-15-8-9-16(15)18(19)14(17)7/h10-13H,8-9,19H2,1-7H3. The summed E-state index contributed by atoms with van der Waals surface area (Å²) in [5, 5.41) is 0. The highest BCUT2D eigenvalue weighted by atomic mass is 28.4. The molecule has 0 fully saturated rings. The highest BCUT2D eigenvalue weighted by Crippen LogP contribution is 2.45. The van der Waals surface area contributed by atoms with E-state index in [1.165, 1.54) is 11.1 Å². The van der Waals surface area contributed by atoms with Crippen LogP contribution >= 0.6 is 0 Å². The van der Waals surface area contributed by atoms with E-state index in [1.807, 2.05) is 0 Å². The summed E-state index contributed by atoms with van der Waals surface area (Å²) in [6.45, 7) is 16.1. The molecule has 2 N–H and O–H groups in total. The van der Waals surface area contributed by atoms with Crippen molar-refractivity contribution in [3.8, 4) is 5.75 Å². The smallest absolute Gasteiger partial charge is 0.258 e. The van der Waals surface area contributed by atoms with Gasteiger partial charge < -0.3 is 10.2 Å². The van der Waals surface area contributed by atoms with E-state index in [0.29, 0.717) is 16.6 Å². The van der Waals surface area contributed by atoms with Crippen LogP contribution in [-0.4, -0.2) is 8.32 Å². The Bertz CT molecular complexity index is 513. The predicted molar refractivity (Wildman–Crippen MR) is 94.7 cm³/mol. The van der Waals surface area contributed by atoms with Gasteiger partial charge in [0, 0.05) is 11.3 Å². The number of rotatable bonds is 5. The average molecular weight is 306 g/mol. The lowest BCUT2D eigenvalue weighted by molar-refractivity contribution is 0.475. The van der Waals surface area contributed by atoms with Crippen molar-refractivity contribution in [3.63, 3.8) is 0 Å². The maximum atomic E-state index is 6.83. The van der Waals surface area contributed by atoms with Crippen LogP contribution in [0.3, 0.4) is 0 Å². The second-order valence-corrected chi connectivity index (χ2v) is 12.8. The molecule has 3 heteroatoms. The summed E-state index contributed by atoms with van der Waals surface area (Å²) in [7, 11) is -1.89. The van der Waals surface area contributed by atoms with Gasteiger partial charge in [-0.15, -0.1) is 0 Å². The number of hydrogen-bond acceptors (Lipinski definition) is 2. The van der Waals surface area contributed by atoms with E-state index in [1.54, 1.807) is 0 Å². The predicted octanol–water partition coefficient (Wildman–Crippen LogP) is 5.23. The van der Waals surface area contributed by atoms with Crippen molar-refractivity contribution < 1.29 is 4.43 Å². The molecule has 1 aliphatic rings. The van der Waals surface area contributed by atoms with Crippen LogP contribution in [0.15, 0.2) is 6.07 Å². The van der Waals surface area contributed by atoms with Gasteiger partial charge in [0.1, 0.15) is 5.75 Å². The average Bonchev–Trinajstić information content (AvgIpc) is 2.34. The van der Waals surface area contributed by atoms with E-state index in [4.69, 9.17) is 10.2 Å². The fraction of sp³-hybridized carbons (Fsp3) is 0.667. The maximum absolute atomic E-state index is 6.83. The van der Waals surface area contributed by atoms with Gasteiger partial charge in [0.25, 0.3) is 8.32 Å². The monoisotopic (exact) mass is 305 g/mol. The van der Waals surface area contributed by atoms with Crippen molar-refractivity contribution in [1.82, 2.24) is 0 Å². The molecule has 0 saturated heterocycles. The van der Waals surface area contributed by atoms with Gasteiger partial charge in [0.05, 0.1) is 0 Å². The molecule has 1 aromatic rings. The molecule has 0 aliphatic heterocycles. The number of nitrogen functional groups attached to an aromatic ring is 1. The largest absolute Gasteiger partial charge is 0.542 e. The summed E-state index contributed by atoms with van der Waals surface area (Å²) in [6, 6.07) is 2.26. The molecule has 118 valence electrons. The van der Waals surface area contributed by atoms with E-state index in [-0.39, 0.29) is 0 Å². The number of aryl methyl sites for hydroxylation is 1. The van der Waals surface area contributed by atoms with Crippen molar-refractivity contribution in [2.45, 2.75) is 77.9 Å². The highest BCUT2D eigenvalue weighted by molar-refractivity contribution is 6.78. The number of fused-ring (bicyclic) bond motifs is 1. The Balaban J connectivity index is 2.47. The summed E-state index contributed by atoms with van der Waals surface area (Å²) in [4.78, 5) is 0. The summed E-state index contributed by atoms with van der Waals surface area (Å²) in [5.41, 5.74) is 12.9. The Morgan fingerprint density at radius 1 is 1.00 bits per heavy atom. The van der Waals surface area contributed by atoms with Gasteiger partial charge in [-0.25, -0.2) is 0 Å². The number of nitrogens with two attached hydrogens (primary N) is 1. The Kier molecular flexibility index (Phi) is 4.43. The van der Waals surface area contributed by atoms with Crippen LogP contribution < -0.4 is 10.2 Å². The highest BCUT2D eigenvalue weighted by Gasteiger charge is 2.47. The minimum Gasteiger partial charge on any atom is -0.542 e. The first-order valence-corrected chi connectivity index (χ1v) is 10.5. The Morgan fingerprint density at radius 3 is 1.90 bits per heavy atom. The van der Waals surface area contributed by atoms with Crippen LogP contribution in [0.4, 0.5) is 5.69 Å². The van der Waals surface area contributed by atoms with Gasteiger partial charge in [0.15, 0.2) is 0 Å². The van der Waals surface area contributed by atoms with Crippen molar-refractivity contribution >= 4 is 14.0 Å². The van der Waals surface area contributed by atoms with Crippen LogP contribution in [0.25, 0.3) is 0 Å². The molecular weight excluding hydrogens is 274 g/mol. The third-order valence-electron chi connectivity index (χ3n) is 5.43. The Morgan fingerprint density at radius 2 is 1.52 bits per heavy atom. The summed E-state index contributed by atoms with van der Waals surface area (Å²) in [6.07, 6.45) is 2.28.